The van der Waals surface area contributed by atoms with Gasteiger partial charge in [-0.3, -0.25) is 0 Å². The number of hydrogen-bond donors (Lipinski definition) is 2. The summed E-state index contributed by atoms with van der Waals surface area (Å²) in [5.74, 6) is -0.178. The lowest BCUT2D eigenvalue weighted by molar-refractivity contribution is 0.289. The standard InChI is InChI=1S/C12H18FNOS/c1-9(6-7-15)16-12-10(8-14-2)4-3-5-11(12)13/h3-5,9,14-15H,6-8H2,1-2H3. The molecule has 0 saturated heterocycles. The summed E-state index contributed by atoms with van der Waals surface area (Å²) >= 11 is 1.49. The fourth-order valence-corrected chi connectivity index (χ4v) is 2.55. The van der Waals surface area contributed by atoms with E-state index in [1.165, 1.54) is 17.8 Å². The number of hydrogen-bond acceptors (Lipinski definition) is 3. The third-order valence-corrected chi connectivity index (χ3v) is 3.60. The van der Waals surface area contributed by atoms with E-state index in [0.717, 1.165) is 5.56 Å². The van der Waals surface area contributed by atoms with E-state index in [0.29, 0.717) is 17.9 Å². The molecule has 16 heavy (non-hydrogen) atoms. The molecule has 0 aromatic heterocycles. The maximum atomic E-state index is 13.7. The first-order valence-electron chi connectivity index (χ1n) is 5.38. The largest absolute Gasteiger partial charge is 0.396 e. The van der Waals surface area contributed by atoms with Crippen molar-refractivity contribution in [3.8, 4) is 0 Å². The zero-order chi connectivity index (χ0) is 12.0. The molecule has 0 radical (unpaired) electrons. The summed E-state index contributed by atoms with van der Waals surface area (Å²) in [6.45, 7) is 2.80. The molecule has 1 aromatic carbocycles. The average Bonchev–Trinajstić information content (AvgIpc) is 2.24. The zero-order valence-electron chi connectivity index (χ0n) is 9.66. The molecule has 0 aliphatic carbocycles. The van der Waals surface area contributed by atoms with Crippen LogP contribution in [-0.2, 0) is 6.54 Å². The van der Waals surface area contributed by atoms with Gasteiger partial charge >= 0.3 is 0 Å². The average molecular weight is 243 g/mol. The smallest absolute Gasteiger partial charge is 0.137 e. The van der Waals surface area contributed by atoms with Gasteiger partial charge in [-0.25, -0.2) is 4.39 Å². The summed E-state index contributed by atoms with van der Waals surface area (Å²) < 4.78 is 13.7. The summed E-state index contributed by atoms with van der Waals surface area (Å²) in [6, 6.07) is 5.13. The van der Waals surface area contributed by atoms with Crippen LogP contribution >= 0.6 is 11.8 Å². The molecule has 2 nitrogen and oxygen atoms in total. The van der Waals surface area contributed by atoms with Crippen LogP contribution in [0.4, 0.5) is 4.39 Å². The monoisotopic (exact) mass is 243 g/mol. The van der Waals surface area contributed by atoms with Crippen LogP contribution in [-0.4, -0.2) is 24.0 Å². The number of nitrogens with one attached hydrogen (secondary N) is 1. The molecule has 1 aromatic rings. The highest BCUT2D eigenvalue weighted by molar-refractivity contribution is 8.00. The van der Waals surface area contributed by atoms with Crippen LogP contribution in [0.25, 0.3) is 0 Å². The summed E-state index contributed by atoms with van der Waals surface area (Å²) in [5, 5.41) is 12.1. The fraction of sp³-hybridized carbons (Fsp3) is 0.500. The van der Waals surface area contributed by atoms with Gasteiger partial charge in [-0.1, -0.05) is 19.1 Å². The molecule has 90 valence electrons. The number of thioether (sulfide) groups is 1. The van der Waals surface area contributed by atoms with E-state index < -0.39 is 0 Å². The first-order valence-corrected chi connectivity index (χ1v) is 6.26. The third kappa shape index (κ3) is 3.77. The molecular weight excluding hydrogens is 225 g/mol. The second kappa shape index (κ2) is 6.89. The number of benzene rings is 1. The molecule has 0 bridgehead atoms. The van der Waals surface area contributed by atoms with Crippen LogP contribution < -0.4 is 5.32 Å². The lowest BCUT2D eigenvalue weighted by Gasteiger charge is -2.14. The molecule has 0 aliphatic heterocycles. The minimum absolute atomic E-state index is 0.143. The van der Waals surface area contributed by atoms with Crippen molar-refractivity contribution in [1.29, 1.82) is 0 Å². The molecule has 0 amide bonds. The summed E-state index contributed by atoms with van der Waals surface area (Å²) in [7, 11) is 1.84. The molecule has 0 spiro atoms. The van der Waals surface area contributed by atoms with Crippen LogP contribution in [0, 0.1) is 5.82 Å². The van der Waals surface area contributed by atoms with E-state index in [1.54, 1.807) is 6.07 Å². The summed E-state index contributed by atoms with van der Waals surface area (Å²) in [4.78, 5) is 0.692. The van der Waals surface area contributed by atoms with Gasteiger partial charge in [-0.05, 0) is 25.1 Å². The first kappa shape index (κ1) is 13.5. The Kier molecular flexibility index (Phi) is 5.80. The van der Waals surface area contributed by atoms with Gasteiger partial charge in [0.25, 0.3) is 0 Å². The summed E-state index contributed by atoms with van der Waals surface area (Å²) in [6.07, 6.45) is 0.679. The molecule has 0 aliphatic rings. The Morgan fingerprint density at radius 1 is 1.50 bits per heavy atom. The van der Waals surface area contributed by atoms with Crippen molar-refractivity contribution < 1.29 is 9.50 Å². The topological polar surface area (TPSA) is 32.3 Å². The van der Waals surface area contributed by atoms with Crippen LogP contribution in [0.3, 0.4) is 0 Å². The predicted octanol–water partition coefficient (Wildman–Crippen LogP) is 2.41. The van der Waals surface area contributed by atoms with Gasteiger partial charge in [0.2, 0.25) is 0 Å². The number of aliphatic hydroxyl groups excluding tert-OH is 1. The molecule has 1 atom stereocenters. The number of halogens is 1. The molecule has 1 rings (SSSR count). The van der Waals surface area contributed by atoms with Crippen LogP contribution in [0.2, 0.25) is 0 Å². The normalized spacial score (nSPS) is 12.8. The van der Waals surface area contributed by atoms with E-state index in [9.17, 15) is 4.39 Å². The molecule has 0 fully saturated rings. The molecule has 4 heteroatoms. The van der Waals surface area contributed by atoms with E-state index in [1.807, 2.05) is 20.0 Å². The number of rotatable bonds is 6. The first-order chi connectivity index (χ1) is 7.69. The van der Waals surface area contributed by atoms with Crippen molar-refractivity contribution in [1.82, 2.24) is 5.32 Å². The number of aliphatic hydroxyl groups is 1. The second-order valence-electron chi connectivity index (χ2n) is 3.70. The Bertz CT molecular complexity index is 333. The van der Waals surface area contributed by atoms with Crippen molar-refractivity contribution >= 4 is 11.8 Å². The highest BCUT2D eigenvalue weighted by Gasteiger charge is 2.12. The van der Waals surface area contributed by atoms with Crippen molar-refractivity contribution in [2.45, 2.75) is 30.0 Å². The summed E-state index contributed by atoms with van der Waals surface area (Å²) in [5.41, 5.74) is 0.970. The van der Waals surface area contributed by atoms with E-state index in [-0.39, 0.29) is 17.7 Å². The predicted molar refractivity (Wildman–Crippen MR) is 66.2 cm³/mol. The Morgan fingerprint density at radius 2 is 2.25 bits per heavy atom. The molecular formula is C12H18FNOS. The fourth-order valence-electron chi connectivity index (χ4n) is 1.46. The van der Waals surface area contributed by atoms with E-state index in [2.05, 4.69) is 5.32 Å². The maximum absolute atomic E-state index is 13.7. The SMILES string of the molecule is CNCc1cccc(F)c1SC(C)CCO. The van der Waals surface area contributed by atoms with Crippen LogP contribution in [0.1, 0.15) is 18.9 Å². The van der Waals surface area contributed by atoms with Crippen LogP contribution in [0.5, 0.6) is 0 Å². The quantitative estimate of drug-likeness (QED) is 0.753. The highest BCUT2D eigenvalue weighted by Crippen LogP contribution is 2.30. The van der Waals surface area contributed by atoms with Gasteiger partial charge in [0.05, 0.1) is 0 Å². The maximum Gasteiger partial charge on any atom is 0.137 e. The Hall–Kier alpha value is -0.580. The van der Waals surface area contributed by atoms with Gasteiger partial charge in [-0.2, -0.15) is 0 Å². The molecule has 1 unspecified atom stereocenters. The Balaban J connectivity index is 2.83. The lowest BCUT2D eigenvalue weighted by atomic mass is 10.2. The van der Waals surface area contributed by atoms with Crippen molar-refractivity contribution in [3.05, 3.63) is 29.6 Å². The van der Waals surface area contributed by atoms with Crippen molar-refractivity contribution in [2.24, 2.45) is 0 Å². The van der Waals surface area contributed by atoms with E-state index >= 15 is 0 Å². The van der Waals surface area contributed by atoms with Gasteiger partial charge in [0.15, 0.2) is 0 Å². The van der Waals surface area contributed by atoms with Gasteiger partial charge in [0.1, 0.15) is 5.82 Å². The Labute approximate surface area is 100 Å². The van der Waals surface area contributed by atoms with Gasteiger partial charge in [0, 0.05) is 23.3 Å². The molecule has 0 heterocycles. The zero-order valence-corrected chi connectivity index (χ0v) is 10.5. The molecule has 2 N–H and O–H groups in total. The minimum atomic E-state index is -0.178. The van der Waals surface area contributed by atoms with Crippen molar-refractivity contribution in [2.75, 3.05) is 13.7 Å². The van der Waals surface area contributed by atoms with E-state index in [4.69, 9.17) is 5.11 Å². The van der Waals surface area contributed by atoms with Crippen LogP contribution in [0.15, 0.2) is 23.1 Å². The van der Waals surface area contributed by atoms with Crippen molar-refractivity contribution in [3.63, 3.8) is 0 Å². The molecule has 0 saturated carbocycles. The Morgan fingerprint density at radius 3 is 2.88 bits per heavy atom. The second-order valence-corrected chi connectivity index (χ2v) is 5.15. The highest BCUT2D eigenvalue weighted by atomic mass is 32.2. The third-order valence-electron chi connectivity index (χ3n) is 2.27. The lowest BCUT2D eigenvalue weighted by Crippen LogP contribution is -2.08. The van der Waals surface area contributed by atoms with Gasteiger partial charge < -0.3 is 10.4 Å². The van der Waals surface area contributed by atoms with Gasteiger partial charge in [-0.15, -0.1) is 11.8 Å². The minimum Gasteiger partial charge on any atom is -0.396 e.